The summed E-state index contributed by atoms with van der Waals surface area (Å²) in [5, 5.41) is 3.20. The second kappa shape index (κ2) is 6.53. The first kappa shape index (κ1) is 14.5. The highest BCUT2D eigenvalue weighted by molar-refractivity contribution is 5.45. The molecule has 0 unspecified atom stereocenters. The lowest BCUT2D eigenvalue weighted by Crippen LogP contribution is -2.35. The van der Waals surface area contributed by atoms with Crippen LogP contribution in [0.3, 0.4) is 0 Å². The highest BCUT2D eigenvalue weighted by Crippen LogP contribution is 2.23. The zero-order valence-corrected chi connectivity index (χ0v) is 12.2. The molecule has 0 amide bonds. The Morgan fingerprint density at radius 1 is 1.43 bits per heavy atom. The summed E-state index contributed by atoms with van der Waals surface area (Å²) < 4.78 is 24.9. The zero-order chi connectivity index (χ0) is 14.7. The number of rotatable bonds is 5. The minimum Gasteiger partial charge on any atom is -0.376 e. The van der Waals surface area contributed by atoms with Gasteiger partial charge in [-0.15, -0.1) is 0 Å². The molecule has 21 heavy (non-hydrogen) atoms. The second-order valence-corrected chi connectivity index (χ2v) is 5.34. The van der Waals surface area contributed by atoms with Gasteiger partial charge in [0.25, 0.3) is 0 Å². The third-order valence-electron chi connectivity index (χ3n) is 3.85. The summed E-state index contributed by atoms with van der Waals surface area (Å²) in [7, 11) is 0. The summed E-state index contributed by atoms with van der Waals surface area (Å²) in [6, 6.07) is 0.00170. The average molecular weight is 296 g/mol. The Balaban J connectivity index is 1.72. The molecule has 3 heterocycles. The molecule has 2 atom stereocenters. The molecule has 0 aromatic carbocycles. The number of hydrogen-bond donors (Lipinski definition) is 1. The molecule has 2 aliphatic heterocycles. The molecule has 0 saturated carbocycles. The van der Waals surface area contributed by atoms with Crippen LogP contribution in [0.2, 0.25) is 0 Å². The summed E-state index contributed by atoms with van der Waals surface area (Å²) in [5.74, 6) is 0.446. The van der Waals surface area contributed by atoms with E-state index < -0.39 is 0 Å². The van der Waals surface area contributed by atoms with Crippen LogP contribution in [0.4, 0.5) is 16.2 Å². The SMILES string of the molecule is CCO[C@H]1COC[C@@H]1Nc1ncc(F)c(N2CCCC2)n1. The van der Waals surface area contributed by atoms with Crippen LogP contribution in [0.25, 0.3) is 0 Å². The predicted octanol–water partition coefficient (Wildman–Crippen LogP) is 1.43. The molecule has 0 bridgehead atoms. The van der Waals surface area contributed by atoms with Gasteiger partial charge in [-0.25, -0.2) is 9.37 Å². The van der Waals surface area contributed by atoms with Crippen molar-refractivity contribution in [3.05, 3.63) is 12.0 Å². The maximum atomic E-state index is 13.9. The topological polar surface area (TPSA) is 59.5 Å². The van der Waals surface area contributed by atoms with Crippen LogP contribution in [-0.4, -0.2) is 55.0 Å². The molecule has 7 heteroatoms. The lowest BCUT2D eigenvalue weighted by atomic mass is 10.2. The van der Waals surface area contributed by atoms with Crippen LogP contribution >= 0.6 is 0 Å². The number of aromatic nitrogens is 2. The fourth-order valence-corrected chi connectivity index (χ4v) is 2.79. The van der Waals surface area contributed by atoms with Crippen molar-refractivity contribution in [2.75, 3.05) is 43.1 Å². The number of nitrogens with zero attached hydrogens (tertiary/aromatic N) is 3. The standard InChI is InChI=1S/C14H21FN4O2/c1-2-21-12-9-20-8-11(12)17-14-16-7-10(15)13(18-14)19-5-3-4-6-19/h7,11-12H,2-6,8-9H2,1H3,(H,16,17,18)/t11-,12-/m0/s1. The summed E-state index contributed by atoms with van der Waals surface area (Å²) >= 11 is 0. The largest absolute Gasteiger partial charge is 0.376 e. The van der Waals surface area contributed by atoms with E-state index in [1.807, 2.05) is 11.8 Å². The predicted molar refractivity (Wildman–Crippen MR) is 77.1 cm³/mol. The number of hydrogen-bond acceptors (Lipinski definition) is 6. The van der Waals surface area contributed by atoms with E-state index in [-0.39, 0.29) is 18.0 Å². The normalized spacial score (nSPS) is 25.5. The van der Waals surface area contributed by atoms with Crippen molar-refractivity contribution >= 4 is 11.8 Å². The number of anilines is 2. The van der Waals surface area contributed by atoms with Gasteiger partial charge in [-0.05, 0) is 19.8 Å². The maximum Gasteiger partial charge on any atom is 0.225 e. The summed E-state index contributed by atoms with van der Waals surface area (Å²) in [4.78, 5) is 10.3. The third kappa shape index (κ3) is 3.24. The van der Waals surface area contributed by atoms with Crippen molar-refractivity contribution < 1.29 is 13.9 Å². The minimum atomic E-state index is -0.369. The Labute approximate surface area is 123 Å². The van der Waals surface area contributed by atoms with Gasteiger partial charge in [0.05, 0.1) is 25.5 Å². The van der Waals surface area contributed by atoms with E-state index in [2.05, 4.69) is 15.3 Å². The smallest absolute Gasteiger partial charge is 0.225 e. The fraction of sp³-hybridized carbons (Fsp3) is 0.714. The molecule has 1 aromatic rings. The van der Waals surface area contributed by atoms with E-state index >= 15 is 0 Å². The number of halogens is 1. The van der Waals surface area contributed by atoms with Gasteiger partial charge in [-0.1, -0.05) is 0 Å². The third-order valence-corrected chi connectivity index (χ3v) is 3.85. The molecule has 2 aliphatic rings. The lowest BCUT2D eigenvalue weighted by molar-refractivity contribution is 0.0477. The Morgan fingerprint density at radius 2 is 2.24 bits per heavy atom. The molecular weight excluding hydrogens is 275 g/mol. The van der Waals surface area contributed by atoms with E-state index in [9.17, 15) is 4.39 Å². The van der Waals surface area contributed by atoms with Gasteiger partial charge < -0.3 is 19.7 Å². The second-order valence-electron chi connectivity index (χ2n) is 5.34. The van der Waals surface area contributed by atoms with Gasteiger partial charge in [-0.3, -0.25) is 0 Å². The van der Waals surface area contributed by atoms with Crippen LogP contribution in [-0.2, 0) is 9.47 Å². The Bertz CT molecular complexity index is 482. The maximum absolute atomic E-state index is 13.9. The van der Waals surface area contributed by atoms with Crippen LogP contribution in [0.5, 0.6) is 0 Å². The van der Waals surface area contributed by atoms with Gasteiger partial charge in [0.15, 0.2) is 11.6 Å². The molecule has 0 spiro atoms. The molecule has 2 fully saturated rings. The first-order chi connectivity index (χ1) is 10.3. The van der Waals surface area contributed by atoms with Crippen molar-refractivity contribution in [1.82, 2.24) is 9.97 Å². The molecule has 0 aliphatic carbocycles. The first-order valence-electron chi connectivity index (χ1n) is 7.51. The molecule has 6 nitrogen and oxygen atoms in total. The van der Waals surface area contributed by atoms with Crippen molar-refractivity contribution in [2.45, 2.75) is 31.9 Å². The highest BCUT2D eigenvalue weighted by atomic mass is 19.1. The van der Waals surface area contributed by atoms with Gasteiger partial charge in [0.1, 0.15) is 6.10 Å². The van der Waals surface area contributed by atoms with E-state index in [0.717, 1.165) is 25.9 Å². The fourth-order valence-electron chi connectivity index (χ4n) is 2.79. The molecule has 1 aromatic heterocycles. The van der Waals surface area contributed by atoms with Gasteiger partial charge in [0.2, 0.25) is 5.95 Å². The van der Waals surface area contributed by atoms with Gasteiger partial charge >= 0.3 is 0 Å². The molecule has 3 rings (SSSR count). The van der Waals surface area contributed by atoms with Gasteiger partial charge in [-0.2, -0.15) is 4.98 Å². The van der Waals surface area contributed by atoms with E-state index in [1.54, 1.807) is 0 Å². The van der Waals surface area contributed by atoms with Crippen LogP contribution < -0.4 is 10.2 Å². The van der Waals surface area contributed by atoms with Crippen molar-refractivity contribution in [2.24, 2.45) is 0 Å². The zero-order valence-electron chi connectivity index (χ0n) is 12.2. The van der Waals surface area contributed by atoms with E-state index in [4.69, 9.17) is 9.47 Å². The minimum absolute atomic E-state index is 0.00170. The quantitative estimate of drug-likeness (QED) is 0.887. The van der Waals surface area contributed by atoms with Crippen LogP contribution in [0.1, 0.15) is 19.8 Å². The molecule has 1 N–H and O–H groups in total. The molecule has 0 radical (unpaired) electrons. The molecular formula is C14H21FN4O2. The molecule has 2 saturated heterocycles. The first-order valence-corrected chi connectivity index (χ1v) is 7.51. The summed E-state index contributed by atoms with van der Waals surface area (Å²) in [5.41, 5.74) is 0. The number of nitrogens with one attached hydrogen (secondary N) is 1. The lowest BCUT2D eigenvalue weighted by Gasteiger charge is -2.21. The Hall–Kier alpha value is -1.47. The van der Waals surface area contributed by atoms with Crippen molar-refractivity contribution in [3.63, 3.8) is 0 Å². The van der Waals surface area contributed by atoms with E-state index in [1.165, 1.54) is 6.20 Å². The Kier molecular flexibility index (Phi) is 4.50. The van der Waals surface area contributed by atoms with E-state index in [0.29, 0.717) is 31.6 Å². The van der Waals surface area contributed by atoms with Crippen LogP contribution in [0, 0.1) is 5.82 Å². The van der Waals surface area contributed by atoms with Crippen molar-refractivity contribution in [1.29, 1.82) is 0 Å². The van der Waals surface area contributed by atoms with Crippen LogP contribution in [0.15, 0.2) is 6.20 Å². The average Bonchev–Trinajstić information content (AvgIpc) is 3.14. The molecule has 116 valence electrons. The Morgan fingerprint density at radius 3 is 3.00 bits per heavy atom. The summed E-state index contributed by atoms with van der Waals surface area (Å²) in [6.45, 7) is 5.39. The number of ether oxygens (including phenoxy) is 2. The van der Waals surface area contributed by atoms with Crippen molar-refractivity contribution in [3.8, 4) is 0 Å². The monoisotopic (exact) mass is 296 g/mol. The van der Waals surface area contributed by atoms with Gasteiger partial charge in [0, 0.05) is 19.7 Å². The summed E-state index contributed by atoms with van der Waals surface area (Å²) in [6.07, 6.45) is 3.37. The highest BCUT2D eigenvalue weighted by Gasteiger charge is 2.29.